The molecule has 0 aromatic heterocycles. The normalized spacial score (nSPS) is 20.9. The summed E-state index contributed by atoms with van der Waals surface area (Å²) in [6.45, 7) is 0.611. The lowest BCUT2D eigenvalue weighted by molar-refractivity contribution is -0.0328. The molecule has 1 aromatic rings. The van der Waals surface area contributed by atoms with Gasteiger partial charge in [0.15, 0.2) is 0 Å². The molecule has 1 saturated heterocycles. The van der Waals surface area contributed by atoms with Crippen LogP contribution in [0.15, 0.2) is 29.2 Å². The summed E-state index contributed by atoms with van der Waals surface area (Å²) < 4.78 is 41.1. The third-order valence-corrected chi connectivity index (χ3v) is 2.52. The highest BCUT2D eigenvalue weighted by Crippen LogP contribution is 2.39. The molecule has 1 heterocycles. The van der Waals surface area contributed by atoms with Crippen LogP contribution in [0.1, 0.15) is 11.7 Å². The largest absolute Gasteiger partial charge is 0.446 e. The Labute approximate surface area is 83.3 Å². The predicted molar refractivity (Wildman–Crippen MR) is 47.0 cm³/mol. The first-order valence-electron chi connectivity index (χ1n) is 4.02. The van der Waals surface area contributed by atoms with E-state index in [2.05, 4.69) is 0 Å². The summed E-state index contributed by atoms with van der Waals surface area (Å²) in [5, 5.41) is 0. The lowest BCUT2D eigenvalue weighted by Gasteiger charge is -2.06. The second kappa shape index (κ2) is 3.47. The number of alkyl halides is 3. The van der Waals surface area contributed by atoms with Gasteiger partial charge in [-0.15, -0.1) is 0 Å². The summed E-state index contributed by atoms with van der Waals surface area (Å²) in [6, 6.07) is 6.36. The van der Waals surface area contributed by atoms with E-state index in [1.807, 2.05) is 0 Å². The molecule has 0 aliphatic carbocycles. The standard InChI is InChI=1S/C9H7F3OS/c10-9(11,12)14-7-3-1-2-6(4-7)8-5-13-8/h1-4,8H,5H2/t8-/m1/s1. The van der Waals surface area contributed by atoms with Crippen molar-refractivity contribution in [2.75, 3.05) is 6.61 Å². The number of rotatable bonds is 2. The first-order valence-corrected chi connectivity index (χ1v) is 4.83. The Morgan fingerprint density at radius 1 is 1.36 bits per heavy atom. The number of epoxide rings is 1. The summed E-state index contributed by atoms with van der Waals surface area (Å²) in [6.07, 6.45) is 0.00350. The Morgan fingerprint density at radius 3 is 2.64 bits per heavy atom. The van der Waals surface area contributed by atoms with Crippen LogP contribution in [0.4, 0.5) is 13.2 Å². The minimum absolute atomic E-state index is 0.00350. The molecule has 0 saturated carbocycles. The fourth-order valence-electron chi connectivity index (χ4n) is 1.15. The maximum absolute atomic E-state index is 12.0. The first kappa shape index (κ1) is 9.86. The van der Waals surface area contributed by atoms with E-state index in [0.29, 0.717) is 6.61 Å². The van der Waals surface area contributed by atoms with Crippen LogP contribution < -0.4 is 0 Å². The number of benzene rings is 1. The molecule has 14 heavy (non-hydrogen) atoms. The van der Waals surface area contributed by atoms with Gasteiger partial charge in [0.25, 0.3) is 0 Å². The minimum atomic E-state index is -4.22. The highest BCUT2D eigenvalue weighted by atomic mass is 32.2. The van der Waals surface area contributed by atoms with E-state index in [4.69, 9.17) is 4.74 Å². The molecule has 0 radical (unpaired) electrons. The molecular weight excluding hydrogens is 213 g/mol. The minimum Gasteiger partial charge on any atom is -0.368 e. The van der Waals surface area contributed by atoms with Crippen LogP contribution >= 0.6 is 11.8 Å². The average Bonchev–Trinajstić information content (AvgIpc) is 2.83. The fraction of sp³-hybridized carbons (Fsp3) is 0.333. The van der Waals surface area contributed by atoms with Crippen molar-refractivity contribution >= 4 is 11.8 Å². The molecular formula is C9H7F3OS. The van der Waals surface area contributed by atoms with Crippen LogP contribution in [0.5, 0.6) is 0 Å². The van der Waals surface area contributed by atoms with Gasteiger partial charge in [0.05, 0.1) is 6.61 Å². The molecule has 1 atom stereocenters. The Hall–Kier alpha value is -0.680. The number of hydrogen-bond donors (Lipinski definition) is 0. The van der Waals surface area contributed by atoms with Gasteiger partial charge in [-0.2, -0.15) is 13.2 Å². The first-order chi connectivity index (χ1) is 6.54. The van der Waals surface area contributed by atoms with Crippen LogP contribution in [0.25, 0.3) is 0 Å². The van der Waals surface area contributed by atoms with Crippen molar-refractivity contribution in [3.63, 3.8) is 0 Å². The fourth-order valence-corrected chi connectivity index (χ4v) is 1.76. The number of hydrogen-bond acceptors (Lipinski definition) is 2. The maximum atomic E-state index is 12.0. The summed E-state index contributed by atoms with van der Waals surface area (Å²) in [7, 11) is 0. The van der Waals surface area contributed by atoms with E-state index in [-0.39, 0.29) is 22.8 Å². The molecule has 1 aliphatic rings. The monoisotopic (exact) mass is 220 g/mol. The molecule has 1 nitrogen and oxygen atoms in total. The predicted octanol–water partition coefficient (Wildman–Crippen LogP) is 3.37. The smallest absolute Gasteiger partial charge is 0.368 e. The lowest BCUT2D eigenvalue weighted by atomic mass is 10.2. The summed E-state index contributed by atoms with van der Waals surface area (Å²) >= 11 is -0.0955. The quantitative estimate of drug-likeness (QED) is 0.559. The number of halogens is 3. The van der Waals surface area contributed by atoms with E-state index in [9.17, 15) is 13.2 Å². The third-order valence-electron chi connectivity index (χ3n) is 1.80. The van der Waals surface area contributed by atoms with Crippen molar-refractivity contribution in [3.8, 4) is 0 Å². The van der Waals surface area contributed by atoms with Crippen LogP contribution in [0.3, 0.4) is 0 Å². The summed E-state index contributed by atoms with van der Waals surface area (Å²) in [5.74, 6) is 0. The van der Waals surface area contributed by atoms with Gasteiger partial charge < -0.3 is 4.74 Å². The molecule has 1 fully saturated rings. The molecule has 0 N–H and O–H groups in total. The van der Waals surface area contributed by atoms with Gasteiger partial charge in [-0.25, -0.2) is 0 Å². The topological polar surface area (TPSA) is 12.5 Å². The average molecular weight is 220 g/mol. The molecule has 0 spiro atoms. The second-order valence-corrected chi connectivity index (χ2v) is 4.08. The zero-order valence-electron chi connectivity index (χ0n) is 7.04. The van der Waals surface area contributed by atoms with E-state index in [1.165, 1.54) is 12.1 Å². The van der Waals surface area contributed by atoms with Crippen molar-refractivity contribution < 1.29 is 17.9 Å². The maximum Gasteiger partial charge on any atom is 0.446 e. The van der Waals surface area contributed by atoms with Gasteiger partial charge >= 0.3 is 5.51 Å². The van der Waals surface area contributed by atoms with Crippen LogP contribution in [-0.4, -0.2) is 12.1 Å². The Bertz CT molecular complexity index is 333. The molecule has 5 heteroatoms. The molecule has 0 bridgehead atoms. The molecule has 1 aromatic carbocycles. The van der Waals surface area contributed by atoms with Crippen molar-refractivity contribution in [1.29, 1.82) is 0 Å². The van der Waals surface area contributed by atoms with E-state index in [1.54, 1.807) is 12.1 Å². The zero-order valence-corrected chi connectivity index (χ0v) is 7.86. The highest BCUT2D eigenvalue weighted by molar-refractivity contribution is 8.00. The van der Waals surface area contributed by atoms with Gasteiger partial charge in [0.1, 0.15) is 6.10 Å². The van der Waals surface area contributed by atoms with E-state index >= 15 is 0 Å². The molecule has 76 valence electrons. The second-order valence-electron chi connectivity index (χ2n) is 2.94. The van der Waals surface area contributed by atoms with Crippen molar-refractivity contribution in [1.82, 2.24) is 0 Å². The van der Waals surface area contributed by atoms with Gasteiger partial charge in [0, 0.05) is 4.90 Å². The molecule has 0 unspecified atom stereocenters. The summed E-state index contributed by atoms with van der Waals surface area (Å²) in [5.41, 5.74) is -3.40. The van der Waals surface area contributed by atoms with Crippen molar-refractivity contribution in [2.45, 2.75) is 16.5 Å². The van der Waals surface area contributed by atoms with Crippen LogP contribution in [0.2, 0.25) is 0 Å². The van der Waals surface area contributed by atoms with E-state index in [0.717, 1.165) is 5.56 Å². The zero-order chi connectivity index (χ0) is 10.2. The van der Waals surface area contributed by atoms with Gasteiger partial charge in [-0.3, -0.25) is 0 Å². The third kappa shape index (κ3) is 2.65. The Balaban J connectivity index is 2.13. The lowest BCUT2D eigenvalue weighted by Crippen LogP contribution is -1.99. The van der Waals surface area contributed by atoms with Crippen LogP contribution in [-0.2, 0) is 4.74 Å². The molecule has 0 amide bonds. The SMILES string of the molecule is FC(F)(F)Sc1cccc([C@H]2CO2)c1. The van der Waals surface area contributed by atoms with Crippen LogP contribution in [0, 0.1) is 0 Å². The molecule has 1 aliphatic heterocycles. The van der Waals surface area contributed by atoms with E-state index < -0.39 is 5.51 Å². The Morgan fingerprint density at radius 2 is 2.07 bits per heavy atom. The highest BCUT2D eigenvalue weighted by Gasteiger charge is 2.30. The van der Waals surface area contributed by atoms with Crippen molar-refractivity contribution in [2.24, 2.45) is 0 Å². The van der Waals surface area contributed by atoms with Crippen molar-refractivity contribution in [3.05, 3.63) is 29.8 Å². The Kier molecular flexibility index (Phi) is 2.45. The van der Waals surface area contributed by atoms with Gasteiger partial charge in [-0.1, -0.05) is 12.1 Å². The van der Waals surface area contributed by atoms with Gasteiger partial charge in [0.2, 0.25) is 0 Å². The summed E-state index contributed by atoms with van der Waals surface area (Å²) in [4.78, 5) is 0.213. The number of ether oxygens (including phenoxy) is 1. The van der Waals surface area contributed by atoms with Gasteiger partial charge in [-0.05, 0) is 29.5 Å². The molecule has 2 rings (SSSR count). The number of thioether (sulfide) groups is 1.